The summed E-state index contributed by atoms with van der Waals surface area (Å²) in [6.07, 6.45) is 10.5. The molecule has 4 rings (SSSR count). The smallest absolute Gasteiger partial charge is 0.315 e. The lowest BCUT2D eigenvalue weighted by Crippen LogP contribution is -2.46. The molecule has 0 bridgehead atoms. The number of rotatable bonds is 4. The van der Waals surface area contributed by atoms with Gasteiger partial charge in [0.05, 0.1) is 6.04 Å². The van der Waals surface area contributed by atoms with Crippen molar-refractivity contribution in [2.24, 2.45) is 11.8 Å². The second-order valence-electron chi connectivity index (χ2n) is 7.74. The van der Waals surface area contributed by atoms with Gasteiger partial charge in [0.15, 0.2) is 5.82 Å². The van der Waals surface area contributed by atoms with Crippen LogP contribution in [0.2, 0.25) is 0 Å². The molecule has 1 aliphatic heterocycles. The first-order valence-electron chi connectivity index (χ1n) is 9.73. The summed E-state index contributed by atoms with van der Waals surface area (Å²) < 4.78 is 1.97. The average Bonchev–Trinajstić information content (AvgIpc) is 3.34. The van der Waals surface area contributed by atoms with Gasteiger partial charge in [0.1, 0.15) is 5.82 Å². The van der Waals surface area contributed by atoms with Crippen molar-refractivity contribution in [2.45, 2.75) is 83.3 Å². The van der Waals surface area contributed by atoms with Gasteiger partial charge in [-0.15, -0.1) is 0 Å². The number of carbonyl (C=O) groups is 1. The normalized spacial score (nSPS) is 29.8. The maximum absolute atomic E-state index is 12.5. The van der Waals surface area contributed by atoms with Gasteiger partial charge in [-0.3, -0.25) is 0 Å². The Bertz CT molecular complexity index is 594. The SMILES string of the molecule is CCc1nc2n(n1)CCCC2NC(=O)NC1CCCC(C2CC2)C1. The van der Waals surface area contributed by atoms with Gasteiger partial charge < -0.3 is 10.6 Å². The highest BCUT2D eigenvalue weighted by molar-refractivity contribution is 5.74. The zero-order chi connectivity index (χ0) is 16.5. The topological polar surface area (TPSA) is 71.8 Å². The van der Waals surface area contributed by atoms with Crippen LogP contribution in [0.5, 0.6) is 0 Å². The van der Waals surface area contributed by atoms with E-state index in [9.17, 15) is 4.79 Å². The van der Waals surface area contributed by atoms with E-state index in [0.29, 0.717) is 6.04 Å². The van der Waals surface area contributed by atoms with Gasteiger partial charge in [0.2, 0.25) is 0 Å². The van der Waals surface area contributed by atoms with Crippen molar-refractivity contribution in [1.82, 2.24) is 25.4 Å². The van der Waals surface area contributed by atoms with E-state index in [1.54, 1.807) is 0 Å². The Morgan fingerprint density at radius 3 is 2.79 bits per heavy atom. The van der Waals surface area contributed by atoms with Crippen LogP contribution < -0.4 is 10.6 Å². The Morgan fingerprint density at radius 2 is 2.00 bits per heavy atom. The predicted molar refractivity (Wildman–Crippen MR) is 91.5 cm³/mol. The molecule has 3 aliphatic rings. The van der Waals surface area contributed by atoms with Crippen molar-refractivity contribution in [1.29, 1.82) is 0 Å². The van der Waals surface area contributed by atoms with E-state index in [1.807, 2.05) is 4.68 Å². The van der Waals surface area contributed by atoms with E-state index in [0.717, 1.165) is 55.7 Å². The van der Waals surface area contributed by atoms with Gasteiger partial charge in [-0.1, -0.05) is 19.8 Å². The van der Waals surface area contributed by atoms with Crippen LogP contribution in [0.15, 0.2) is 0 Å². The molecule has 2 aliphatic carbocycles. The summed E-state index contributed by atoms with van der Waals surface area (Å²) in [7, 11) is 0. The molecule has 3 atom stereocenters. The second kappa shape index (κ2) is 6.73. The first kappa shape index (κ1) is 15.9. The fraction of sp³-hybridized carbons (Fsp3) is 0.833. The number of aromatic nitrogens is 3. The predicted octanol–water partition coefficient (Wildman–Crippen LogP) is 2.94. The number of urea groups is 1. The van der Waals surface area contributed by atoms with E-state index in [1.165, 1.54) is 32.1 Å². The van der Waals surface area contributed by atoms with E-state index in [-0.39, 0.29) is 12.1 Å². The second-order valence-corrected chi connectivity index (χ2v) is 7.74. The summed E-state index contributed by atoms with van der Waals surface area (Å²) in [6, 6.07) is 0.308. The number of hydrogen-bond donors (Lipinski definition) is 2. The highest BCUT2D eigenvalue weighted by Crippen LogP contribution is 2.43. The van der Waals surface area contributed by atoms with Crippen molar-refractivity contribution in [2.75, 3.05) is 0 Å². The molecule has 1 aromatic heterocycles. The van der Waals surface area contributed by atoms with Gasteiger partial charge in [-0.2, -0.15) is 5.10 Å². The summed E-state index contributed by atoms with van der Waals surface area (Å²) in [5.41, 5.74) is 0. The van der Waals surface area contributed by atoms with Gasteiger partial charge in [0, 0.05) is 19.0 Å². The third-order valence-electron chi connectivity index (χ3n) is 5.88. The van der Waals surface area contributed by atoms with Gasteiger partial charge in [-0.05, 0) is 50.4 Å². The van der Waals surface area contributed by atoms with Crippen LogP contribution in [0, 0.1) is 11.8 Å². The molecular weight excluding hydrogens is 302 g/mol. The standard InChI is InChI=1S/C18H29N5O/c1-2-16-21-17-15(7-4-10-23(17)22-16)20-18(24)19-14-6-3-5-13(11-14)12-8-9-12/h12-15H,2-11H2,1H3,(H2,19,20,24). The van der Waals surface area contributed by atoms with E-state index >= 15 is 0 Å². The summed E-state index contributed by atoms with van der Waals surface area (Å²) in [5.74, 6) is 3.59. The number of fused-ring (bicyclic) bond motifs is 1. The lowest BCUT2D eigenvalue weighted by Gasteiger charge is -2.31. The minimum atomic E-state index is -0.0315. The highest BCUT2D eigenvalue weighted by atomic mass is 16.2. The summed E-state index contributed by atoms with van der Waals surface area (Å²) in [6.45, 7) is 2.98. The van der Waals surface area contributed by atoms with Crippen molar-refractivity contribution in [3.8, 4) is 0 Å². The number of hydrogen-bond acceptors (Lipinski definition) is 3. The molecule has 0 spiro atoms. The third kappa shape index (κ3) is 3.42. The van der Waals surface area contributed by atoms with E-state index < -0.39 is 0 Å². The molecule has 2 heterocycles. The first-order chi connectivity index (χ1) is 11.7. The largest absolute Gasteiger partial charge is 0.335 e. The third-order valence-corrected chi connectivity index (χ3v) is 5.88. The zero-order valence-corrected chi connectivity index (χ0v) is 14.6. The average molecular weight is 331 g/mol. The van der Waals surface area contributed by atoms with E-state index in [2.05, 4.69) is 27.6 Å². The van der Waals surface area contributed by atoms with Crippen molar-refractivity contribution in [3.05, 3.63) is 11.6 Å². The Balaban J connectivity index is 1.34. The summed E-state index contributed by atoms with van der Waals surface area (Å²) >= 11 is 0. The van der Waals surface area contributed by atoms with Crippen LogP contribution >= 0.6 is 0 Å². The fourth-order valence-corrected chi connectivity index (χ4v) is 4.43. The molecule has 2 saturated carbocycles. The number of nitrogens with zero attached hydrogens (tertiary/aromatic N) is 3. The Kier molecular flexibility index (Phi) is 4.46. The fourth-order valence-electron chi connectivity index (χ4n) is 4.43. The Labute approximate surface area is 143 Å². The lowest BCUT2D eigenvalue weighted by molar-refractivity contribution is 0.214. The number of aryl methyl sites for hydroxylation is 2. The minimum absolute atomic E-state index is 0.00521. The molecule has 6 nitrogen and oxygen atoms in total. The summed E-state index contributed by atoms with van der Waals surface area (Å²) in [4.78, 5) is 17.1. The van der Waals surface area contributed by atoms with Crippen LogP contribution in [0.3, 0.4) is 0 Å². The molecule has 2 fully saturated rings. The summed E-state index contributed by atoms with van der Waals surface area (Å²) in [5, 5.41) is 10.9. The Hall–Kier alpha value is -1.59. The molecule has 2 amide bonds. The molecule has 24 heavy (non-hydrogen) atoms. The quantitative estimate of drug-likeness (QED) is 0.891. The molecule has 1 aromatic rings. The molecule has 3 unspecified atom stereocenters. The van der Waals surface area contributed by atoms with Crippen molar-refractivity contribution < 1.29 is 4.79 Å². The minimum Gasteiger partial charge on any atom is -0.335 e. The number of amides is 2. The van der Waals surface area contributed by atoms with Crippen molar-refractivity contribution in [3.63, 3.8) is 0 Å². The maximum Gasteiger partial charge on any atom is 0.315 e. The monoisotopic (exact) mass is 331 g/mol. The van der Waals surface area contributed by atoms with Gasteiger partial charge >= 0.3 is 6.03 Å². The van der Waals surface area contributed by atoms with Gasteiger partial charge in [0.25, 0.3) is 0 Å². The van der Waals surface area contributed by atoms with Gasteiger partial charge in [-0.25, -0.2) is 14.5 Å². The highest BCUT2D eigenvalue weighted by Gasteiger charge is 2.35. The molecule has 0 aromatic carbocycles. The first-order valence-corrected chi connectivity index (χ1v) is 9.73. The molecular formula is C18H29N5O. The zero-order valence-electron chi connectivity index (χ0n) is 14.6. The van der Waals surface area contributed by atoms with Crippen LogP contribution in [-0.4, -0.2) is 26.8 Å². The number of nitrogens with one attached hydrogen (secondary N) is 2. The lowest BCUT2D eigenvalue weighted by atomic mass is 9.83. The molecule has 0 saturated heterocycles. The molecule has 132 valence electrons. The molecule has 2 N–H and O–H groups in total. The van der Waals surface area contributed by atoms with Crippen LogP contribution in [0.25, 0.3) is 0 Å². The van der Waals surface area contributed by atoms with Crippen LogP contribution in [0.4, 0.5) is 4.79 Å². The van der Waals surface area contributed by atoms with E-state index in [4.69, 9.17) is 0 Å². The Morgan fingerprint density at radius 1 is 1.12 bits per heavy atom. The molecule has 6 heteroatoms. The maximum atomic E-state index is 12.5. The molecule has 0 radical (unpaired) electrons. The van der Waals surface area contributed by atoms with Crippen LogP contribution in [-0.2, 0) is 13.0 Å². The number of carbonyl (C=O) groups excluding carboxylic acids is 1. The van der Waals surface area contributed by atoms with Crippen LogP contribution in [0.1, 0.15) is 76.0 Å². The van der Waals surface area contributed by atoms with Crippen molar-refractivity contribution >= 4 is 6.03 Å².